The summed E-state index contributed by atoms with van der Waals surface area (Å²) in [6.45, 7) is 3.24. The average molecular weight is 279 g/mol. The third-order valence-electron chi connectivity index (χ3n) is 4.52. The van der Waals surface area contributed by atoms with Crippen molar-refractivity contribution in [3.8, 4) is 0 Å². The molecule has 2 aliphatic rings. The first kappa shape index (κ1) is 13.4. The maximum Gasteiger partial charge on any atom is 0.0502 e. The molecule has 1 aliphatic heterocycles. The number of hydrogen-bond acceptors (Lipinski definition) is 2. The second-order valence-corrected chi connectivity index (χ2v) is 6.49. The predicted molar refractivity (Wildman–Crippen MR) is 80.5 cm³/mol. The Labute approximate surface area is 120 Å². The van der Waals surface area contributed by atoms with E-state index in [2.05, 4.69) is 30.0 Å². The molecule has 1 aliphatic carbocycles. The highest BCUT2D eigenvalue weighted by molar-refractivity contribution is 6.31. The molecule has 2 N–H and O–H groups in total. The van der Waals surface area contributed by atoms with Gasteiger partial charge in [-0.05, 0) is 56.3 Å². The second kappa shape index (κ2) is 5.43. The third-order valence-corrected chi connectivity index (χ3v) is 4.93. The van der Waals surface area contributed by atoms with Crippen LogP contribution < -0.4 is 5.73 Å². The standard InChI is InChI=1S/C16H23ClN2/c1-11-5-6-12(10-14(11)17)16-15(18)4-2-3-9-19(16)13-7-8-13/h5-6,10,13,15-16H,2-4,7-9,18H2,1H3. The number of rotatable bonds is 2. The van der Waals surface area contributed by atoms with Crippen molar-refractivity contribution < 1.29 is 0 Å². The van der Waals surface area contributed by atoms with Crippen LogP contribution in [0.25, 0.3) is 0 Å². The van der Waals surface area contributed by atoms with Gasteiger partial charge in [0.1, 0.15) is 0 Å². The summed E-state index contributed by atoms with van der Waals surface area (Å²) in [4.78, 5) is 2.64. The van der Waals surface area contributed by atoms with Gasteiger partial charge in [0.15, 0.2) is 0 Å². The number of likely N-dealkylation sites (tertiary alicyclic amines) is 1. The van der Waals surface area contributed by atoms with Crippen LogP contribution in [0.2, 0.25) is 5.02 Å². The third kappa shape index (κ3) is 2.81. The molecule has 2 fully saturated rings. The van der Waals surface area contributed by atoms with E-state index in [0.717, 1.165) is 23.0 Å². The Morgan fingerprint density at radius 1 is 1.21 bits per heavy atom. The van der Waals surface area contributed by atoms with Gasteiger partial charge >= 0.3 is 0 Å². The van der Waals surface area contributed by atoms with E-state index in [1.54, 1.807) is 0 Å². The van der Waals surface area contributed by atoms with Crippen LogP contribution in [-0.4, -0.2) is 23.5 Å². The normalized spacial score (nSPS) is 29.2. The van der Waals surface area contributed by atoms with Crippen LogP contribution in [0, 0.1) is 6.92 Å². The zero-order valence-corrected chi connectivity index (χ0v) is 12.4. The number of aryl methyl sites for hydroxylation is 1. The van der Waals surface area contributed by atoms with E-state index in [1.165, 1.54) is 37.8 Å². The van der Waals surface area contributed by atoms with E-state index in [1.807, 2.05) is 0 Å². The van der Waals surface area contributed by atoms with Crippen molar-refractivity contribution >= 4 is 11.6 Å². The Hall–Kier alpha value is -0.570. The van der Waals surface area contributed by atoms with Crippen LogP contribution in [0.1, 0.15) is 49.3 Å². The lowest BCUT2D eigenvalue weighted by Crippen LogP contribution is -2.41. The highest BCUT2D eigenvalue weighted by atomic mass is 35.5. The first-order valence-electron chi connectivity index (χ1n) is 7.44. The molecule has 2 nitrogen and oxygen atoms in total. The molecule has 1 aromatic rings. The van der Waals surface area contributed by atoms with E-state index in [0.29, 0.717) is 6.04 Å². The lowest BCUT2D eigenvalue weighted by Gasteiger charge is -2.34. The molecule has 1 aromatic carbocycles. The first-order valence-corrected chi connectivity index (χ1v) is 7.82. The summed E-state index contributed by atoms with van der Waals surface area (Å²) in [7, 11) is 0. The maximum absolute atomic E-state index is 6.47. The van der Waals surface area contributed by atoms with Crippen molar-refractivity contribution in [1.82, 2.24) is 4.90 Å². The van der Waals surface area contributed by atoms with E-state index in [-0.39, 0.29) is 6.04 Å². The SMILES string of the molecule is Cc1ccc(C2C(N)CCCCN2C2CC2)cc1Cl. The molecule has 1 saturated heterocycles. The molecule has 3 heteroatoms. The molecule has 2 atom stereocenters. The van der Waals surface area contributed by atoms with Crippen LogP contribution in [0.3, 0.4) is 0 Å². The summed E-state index contributed by atoms with van der Waals surface area (Å²) in [6.07, 6.45) is 6.33. The Kier molecular flexibility index (Phi) is 3.84. The van der Waals surface area contributed by atoms with Crippen molar-refractivity contribution in [2.75, 3.05) is 6.54 Å². The molecule has 19 heavy (non-hydrogen) atoms. The monoisotopic (exact) mass is 278 g/mol. The van der Waals surface area contributed by atoms with E-state index in [4.69, 9.17) is 17.3 Å². The van der Waals surface area contributed by atoms with Gasteiger partial charge in [0, 0.05) is 17.1 Å². The zero-order valence-electron chi connectivity index (χ0n) is 11.6. The summed E-state index contributed by atoms with van der Waals surface area (Å²) >= 11 is 6.31. The van der Waals surface area contributed by atoms with Gasteiger partial charge in [-0.3, -0.25) is 4.90 Å². The van der Waals surface area contributed by atoms with Crippen LogP contribution in [0.4, 0.5) is 0 Å². The fourth-order valence-corrected chi connectivity index (χ4v) is 3.45. The largest absolute Gasteiger partial charge is 0.326 e. The van der Waals surface area contributed by atoms with Crippen molar-refractivity contribution in [2.24, 2.45) is 5.73 Å². The summed E-state index contributed by atoms with van der Waals surface area (Å²) in [5, 5.41) is 0.865. The van der Waals surface area contributed by atoms with Crippen LogP contribution in [0.15, 0.2) is 18.2 Å². The van der Waals surface area contributed by atoms with E-state index >= 15 is 0 Å². The lowest BCUT2D eigenvalue weighted by atomic mass is 9.95. The first-order chi connectivity index (χ1) is 9.16. The van der Waals surface area contributed by atoms with Gasteiger partial charge < -0.3 is 5.73 Å². The molecule has 1 heterocycles. The Morgan fingerprint density at radius 3 is 2.68 bits per heavy atom. The minimum Gasteiger partial charge on any atom is -0.326 e. The summed E-state index contributed by atoms with van der Waals surface area (Å²) in [5.74, 6) is 0. The number of hydrogen-bond donors (Lipinski definition) is 1. The topological polar surface area (TPSA) is 29.3 Å². The van der Waals surface area contributed by atoms with Gasteiger partial charge in [0.25, 0.3) is 0 Å². The smallest absolute Gasteiger partial charge is 0.0502 e. The Morgan fingerprint density at radius 2 is 2.00 bits per heavy atom. The summed E-state index contributed by atoms with van der Waals surface area (Å²) in [5.41, 5.74) is 8.92. The minimum atomic E-state index is 0.238. The number of benzene rings is 1. The zero-order chi connectivity index (χ0) is 13.4. The van der Waals surface area contributed by atoms with Gasteiger partial charge in [0.05, 0.1) is 6.04 Å². The van der Waals surface area contributed by atoms with Gasteiger partial charge in [-0.2, -0.15) is 0 Å². The molecular formula is C16H23ClN2. The second-order valence-electron chi connectivity index (χ2n) is 6.08. The van der Waals surface area contributed by atoms with Crippen molar-refractivity contribution in [1.29, 1.82) is 0 Å². The lowest BCUT2D eigenvalue weighted by molar-refractivity contribution is 0.175. The quantitative estimate of drug-likeness (QED) is 0.894. The molecule has 0 radical (unpaired) electrons. The Balaban J connectivity index is 1.93. The van der Waals surface area contributed by atoms with Crippen LogP contribution in [-0.2, 0) is 0 Å². The maximum atomic E-state index is 6.47. The molecule has 0 bridgehead atoms. The summed E-state index contributed by atoms with van der Waals surface area (Å²) < 4.78 is 0. The van der Waals surface area contributed by atoms with Crippen molar-refractivity contribution in [2.45, 2.75) is 57.2 Å². The fourth-order valence-electron chi connectivity index (χ4n) is 3.26. The van der Waals surface area contributed by atoms with E-state index in [9.17, 15) is 0 Å². The van der Waals surface area contributed by atoms with Crippen molar-refractivity contribution in [3.63, 3.8) is 0 Å². The molecule has 2 unspecified atom stereocenters. The number of nitrogens with two attached hydrogens (primary N) is 1. The fraction of sp³-hybridized carbons (Fsp3) is 0.625. The highest BCUT2D eigenvalue weighted by Crippen LogP contribution is 2.39. The van der Waals surface area contributed by atoms with Gasteiger partial charge in [-0.25, -0.2) is 0 Å². The highest BCUT2D eigenvalue weighted by Gasteiger charge is 2.38. The van der Waals surface area contributed by atoms with Gasteiger partial charge in [-0.1, -0.05) is 30.2 Å². The molecule has 0 spiro atoms. The molecule has 1 saturated carbocycles. The van der Waals surface area contributed by atoms with Crippen LogP contribution in [0.5, 0.6) is 0 Å². The summed E-state index contributed by atoms with van der Waals surface area (Å²) in [6, 6.07) is 7.82. The molecule has 0 aromatic heterocycles. The van der Waals surface area contributed by atoms with Gasteiger partial charge in [-0.15, -0.1) is 0 Å². The number of nitrogens with zero attached hydrogens (tertiary/aromatic N) is 1. The molecule has 104 valence electrons. The minimum absolute atomic E-state index is 0.238. The molecule has 0 amide bonds. The number of halogens is 1. The van der Waals surface area contributed by atoms with Gasteiger partial charge in [0.2, 0.25) is 0 Å². The van der Waals surface area contributed by atoms with E-state index < -0.39 is 0 Å². The average Bonchev–Trinajstić information content (AvgIpc) is 3.20. The predicted octanol–water partition coefficient (Wildman–Crippen LogP) is 3.67. The van der Waals surface area contributed by atoms with Crippen LogP contribution >= 0.6 is 11.6 Å². The molecular weight excluding hydrogens is 256 g/mol. The Bertz CT molecular complexity index is 456. The van der Waals surface area contributed by atoms with Crippen molar-refractivity contribution in [3.05, 3.63) is 34.3 Å². The molecule has 3 rings (SSSR count).